The fourth-order valence-corrected chi connectivity index (χ4v) is 0.936. The smallest absolute Gasteiger partial charge is 0.0518 e. The van der Waals surface area contributed by atoms with E-state index in [-0.39, 0.29) is 0 Å². The largest absolute Gasteiger partial charge is 0.381 e. The molecular formula is C13H32N2O2. The van der Waals surface area contributed by atoms with Crippen LogP contribution in [0.25, 0.3) is 0 Å². The average Bonchev–Trinajstić information content (AvgIpc) is 2.30. The first-order valence-electron chi connectivity index (χ1n) is 6.78. The lowest BCUT2D eigenvalue weighted by molar-refractivity contribution is 0.0782. The third-order valence-corrected chi connectivity index (χ3v) is 1.93. The minimum atomic E-state index is 0.349. The van der Waals surface area contributed by atoms with Crippen LogP contribution in [0.3, 0.4) is 0 Å². The van der Waals surface area contributed by atoms with E-state index in [9.17, 15) is 0 Å². The van der Waals surface area contributed by atoms with Crippen molar-refractivity contribution in [2.45, 2.75) is 52.6 Å². The van der Waals surface area contributed by atoms with Crippen molar-refractivity contribution in [2.24, 2.45) is 11.5 Å². The number of nitrogens with two attached hydrogens (primary N) is 2. The molecule has 0 rings (SSSR count). The van der Waals surface area contributed by atoms with Crippen molar-refractivity contribution in [1.29, 1.82) is 0 Å². The Morgan fingerprint density at radius 3 is 1.88 bits per heavy atom. The standard InChI is InChI=1S/C7H17NO.C6H15NO/c1-2-3-6-9-7-4-5-8;1-6(2)8-5-3-4-7/h2-8H2,1H3;6H,3-5,7H2,1-2H3. The first kappa shape index (κ1) is 19.2. The summed E-state index contributed by atoms with van der Waals surface area (Å²) in [6.07, 6.45) is 4.69. The van der Waals surface area contributed by atoms with Gasteiger partial charge in [-0.1, -0.05) is 13.3 Å². The summed E-state index contributed by atoms with van der Waals surface area (Å²) in [5, 5.41) is 0. The zero-order chi connectivity index (χ0) is 13.4. The highest BCUT2D eigenvalue weighted by Crippen LogP contribution is 1.88. The predicted octanol–water partition coefficient (Wildman–Crippen LogP) is 1.91. The van der Waals surface area contributed by atoms with Crippen LogP contribution >= 0.6 is 0 Å². The van der Waals surface area contributed by atoms with Gasteiger partial charge in [0.05, 0.1) is 6.10 Å². The van der Waals surface area contributed by atoms with Gasteiger partial charge in [-0.3, -0.25) is 0 Å². The molecule has 0 fully saturated rings. The molecule has 0 amide bonds. The SMILES string of the molecule is CC(C)OCCCN.CCCCOCCCN. The fraction of sp³-hybridized carbons (Fsp3) is 1.00. The summed E-state index contributed by atoms with van der Waals surface area (Å²) in [6.45, 7) is 10.2. The molecule has 17 heavy (non-hydrogen) atoms. The molecule has 0 heterocycles. The zero-order valence-electron chi connectivity index (χ0n) is 11.9. The van der Waals surface area contributed by atoms with E-state index in [0.29, 0.717) is 6.10 Å². The Labute approximate surface area is 107 Å². The van der Waals surface area contributed by atoms with Crippen LogP contribution in [0.4, 0.5) is 0 Å². The zero-order valence-corrected chi connectivity index (χ0v) is 11.9. The molecule has 0 aliphatic rings. The highest BCUT2D eigenvalue weighted by Gasteiger charge is 1.89. The monoisotopic (exact) mass is 248 g/mol. The van der Waals surface area contributed by atoms with Gasteiger partial charge in [0.25, 0.3) is 0 Å². The maximum atomic E-state index is 5.26. The topological polar surface area (TPSA) is 70.5 Å². The summed E-state index contributed by atoms with van der Waals surface area (Å²) in [5.41, 5.74) is 10.5. The minimum Gasteiger partial charge on any atom is -0.381 e. The molecule has 0 saturated heterocycles. The third-order valence-electron chi connectivity index (χ3n) is 1.93. The lowest BCUT2D eigenvalue weighted by atomic mass is 10.4. The number of unbranched alkanes of at least 4 members (excludes halogenated alkanes) is 1. The van der Waals surface area contributed by atoms with Crippen molar-refractivity contribution >= 4 is 0 Å². The Morgan fingerprint density at radius 1 is 0.882 bits per heavy atom. The van der Waals surface area contributed by atoms with Crippen LogP contribution in [0.2, 0.25) is 0 Å². The molecule has 0 atom stereocenters. The molecule has 106 valence electrons. The van der Waals surface area contributed by atoms with E-state index in [4.69, 9.17) is 20.9 Å². The van der Waals surface area contributed by atoms with Crippen molar-refractivity contribution in [3.63, 3.8) is 0 Å². The fourth-order valence-electron chi connectivity index (χ4n) is 0.936. The van der Waals surface area contributed by atoms with Crippen LogP contribution < -0.4 is 11.5 Å². The second-order valence-corrected chi connectivity index (χ2v) is 4.17. The van der Waals surface area contributed by atoms with Gasteiger partial charge in [0, 0.05) is 19.8 Å². The van der Waals surface area contributed by atoms with Crippen molar-refractivity contribution in [3.05, 3.63) is 0 Å². The van der Waals surface area contributed by atoms with Gasteiger partial charge in [0.15, 0.2) is 0 Å². The van der Waals surface area contributed by atoms with Gasteiger partial charge >= 0.3 is 0 Å². The highest BCUT2D eigenvalue weighted by atomic mass is 16.5. The van der Waals surface area contributed by atoms with Gasteiger partial charge in [-0.05, 0) is 46.2 Å². The Bertz CT molecular complexity index is 116. The van der Waals surface area contributed by atoms with Crippen molar-refractivity contribution < 1.29 is 9.47 Å². The summed E-state index contributed by atoms with van der Waals surface area (Å²) in [6, 6.07) is 0. The van der Waals surface area contributed by atoms with Gasteiger partial charge < -0.3 is 20.9 Å². The van der Waals surface area contributed by atoms with Crippen LogP contribution in [0.5, 0.6) is 0 Å². The van der Waals surface area contributed by atoms with Crippen LogP contribution in [-0.4, -0.2) is 39.0 Å². The molecular weight excluding hydrogens is 216 g/mol. The quantitative estimate of drug-likeness (QED) is 0.579. The molecule has 0 aromatic rings. The minimum absolute atomic E-state index is 0.349. The van der Waals surface area contributed by atoms with E-state index in [1.165, 1.54) is 12.8 Å². The van der Waals surface area contributed by atoms with Gasteiger partial charge in [0.2, 0.25) is 0 Å². The van der Waals surface area contributed by atoms with E-state index < -0.39 is 0 Å². The van der Waals surface area contributed by atoms with Gasteiger partial charge in [-0.25, -0.2) is 0 Å². The molecule has 0 radical (unpaired) electrons. The predicted molar refractivity (Wildman–Crippen MR) is 74.2 cm³/mol. The molecule has 0 aliphatic carbocycles. The van der Waals surface area contributed by atoms with Gasteiger partial charge in [0.1, 0.15) is 0 Å². The molecule has 0 spiro atoms. The maximum absolute atomic E-state index is 5.26. The summed E-state index contributed by atoms with van der Waals surface area (Å²) in [5.74, 6) is 0. The second kappa shape index (κ2) is 18.2. The van der Waals surface area contributed by atoms with E-state index in [1.54, 1.807) is 0 Å². The van der Waals surface area contributed by atoms with Gasteiger partial charge in [-0.2, -0.15) is 0 Å². The molecule has 0 bridgehead atoms. The van der Waals surface area contributed by atoms with Crippen molar-refractivity contribution in [1.82, 2.24) is 0 Å². The highest BCUT2D eigenvalue weighted by molar-refractivity contribution is 4.39. The number of hydrogen-bond donors (Lipinski definition) is 2. The molecule has 4 N–H and O–H groups in total. The normalized spacial score (nSPS) is 10.2. The summed E-state index contributed by atoms with van der Waals surface area (Å²) < 4.78 is 10.4. The molecule has 4 heteroatoms. The molecule has 4 nitrogen and oxygen atoms in total. The van der Waals surface area contributed by atoms with Gasteiger partial charge in [-0.15, -0.1) is 0 Å². The first-order valence-corrected chi connectivity index (χ1v) is 6.78. The van der Waals surface area contributed by atoms with Crippen LogP contribution in [0.15, 0.2) is 0 Å². The van der Waals surface area contributed by atoms with Crippen LogP contribution in [0, 0.1) is 0 Å². The Kier molecular flexibility index (Phi) is 20.6. The molecule has 0 unspecified atom stereocenters. The third kappa shape index (κ3) is 25.8. The number of hydrogen-bond acceptors (Lipinski definition) is 4. The summed E-state index contributed by atoms with van der Waals surface area (Å²) in [7, 11) is 0. The number of ether oxygens (including phenoxy) is 2. The lowest BCUT2D eigenvalue weighted by Crippen LogP contribution is -2.08. The van der Waals surface area contributed by atoms with E-state index in [0.717, 1.165) is 45.8 Å². The Balaban J connectivity index is 0. The Morgan fingerprint density at radius 2 is 1.41 bits per heavy atom. The van der Waals surface area contributed by atoms with Crippen LogP contribution in [0.1, 0.15) is 46.5 Å². The summed E-state index contributed by atoms with van der Waals surface area (Å²) >= 11 is 0. The van der Waals surface area contributed by atoms with E-state index in [1.807, 2.05) is 13.8 Å². The van der Waals surface area contributed by atoms with Crippen molar-refractivity contribution in [2.75, 3.05) is 32.9 Å². The second-order valence-electron chi connectivity index (χ2n) is 4.17. The molecule has 0 saturated carbocycles. The molecule has 0 aliphatic heterocycles. The lowest BCUT2D eigenvalue weighted by Gasteiger charge is -2.04. The molecule has 0 aromatic heterocycles. The number of rotatable bonds is 10. The summed E-state index contributed by atoms with van der Waals surface area (Å²) in [4.78, 5) is 0. The average molecular weight is 248 g/mol. The Hall–Kier alpha value is -0.160. The molecule has 0 aromatic carbocycles. The van der Waals surface area contributed by atoms with Crippen molar-refractivity contribution in [3.8, 4) is 0 Å². The van der Waals surface area contributed by atoms with E-state index >= 15 is 0 Å². The van der Waals surface area contributed by atoms with Crippen LogP contribution in [-0.2, 0) is 9.47 Å². The first-order chi connectivity index (χ1) is 8.18. The van der Waals surface area contributed by atoms with E-state index in [2.05, 4.69) is 6.92 Å². The maximum Gasteiger partial charge on any atom is 0.0518 e.